The highest BCUT2D eigenvalue weighted by molar-refractivity contribution is 8.13. The molecule has 1 unspecified atom stereocenters. The van der Waals surface area contributed by atoms with E-state index in [-0.39, 0.29) is 21.0 Å². The van der Waals surface area contributed by atoms with E-state index in [1.165, 1.54) is 0 Å². The van der Waals surface area contributed by atoms with Crippen molar-refractivity contribution in [2.75, 3.05) is 0 Å². The number of benzene rings is 1. The first-order valence-corrected chi connectivity index (χ1v) is 7.75. The van der Waals surface area contributed by atoms with Crippen LogP contribution in [0.2, 0.25) is 5.02 Å². The maximum atomic E-state index is 13.5. The maximum Gasteiger partial charge on any atom is 0.338 e. The number of carbonyl (C=O) groups excluding carboxylic acids is 1. The highest BCUT2D eigenvalue weighted by atomic mass is 35.5. The third-order valence-electron chi connectivity index (χ3n) is 3.83. The van der Waals surface area contributed by atoms with E-state index in [1.807, 2.05) is 27.7 Å². The molecule has 0 aliphatic carbocycles. The zero-order valence-electron chi connectivity index (χ0n) is 12.4. The fraction of sp³-hybridized carbons (Fsp3) is 0.467. The Morgan fingerprint density at radius 3 is 2.48 bits per heavy atom. The summed E-state index contributed by atoms with van der Waals surface area (Å²) in [6.07, 6.45) is 0.844. The fourth-order valence-electron chi connectivity index (χ4n) is 1.71. The van der Waals surface area contributed by atoms with Gasteiger partial charge in [0, 0.05) is 10.3 Å². The van der Waals surface area contributed by atoms with Crippen LogP contribution in [-0.2, 0) is 4.79 Å². The monoisotopic (exact) mass is 332 g/mol. The standard InChI is InChI=1S/C15H18ClFO3S/c1-5-8(2)15(3,4)14(20)21-12-6-9(13(18)19)11(17)7-10(12)16/h6-8H,5H2,1-4H3,(H,18,19). The lowest BCUT2D eigenvalue weighted by Crippen LogP contribution is -2.29. The molecule has 0 amide bonds. The lowest BCUT2D eigenvalue weighted by Gasteiger charge is -2.29. The van der Waals surface area contributed by atoms with Gasteiger partial charge >= 0.3 is 5.97 Å². The van der Waals surface area contributed by atoms with Crippen LogP contribution in [0.3, 0.4) is 0 Å². The molecule has 0 radical (unpaired) electrons. The molecule has 1 aromatic carbocycles. The number of hydrogen-bond donors (Lipinski definition) is 1. The van der Waals surface area contributed by atoms with Crippen molar-refractivity contribution in [3.63, 3.8) is 0 Å². The Labute approximate surface area is 132 Å². The highest BCUT2D eigenvalue weighted by Gasteiger charge is 2.34. The molecule has 6 heteroatoms. The Kier molecular flexibility index (Phi) is 5.82. The maximum absolute atomic E-state index is 13.5. The minimum atomic E-state index is -1.39. The number of carboxylic acids is 1. The van der Waals surface area contributed by atoms with Crippen molar-refractivity contribution in [3.8, 4) is 0 Å². The van der Waals surface area contributed by atoms with Crippen LogP contribution in [0.5, 0.6) is 0 Å². The number of rotatable bonds is 5. The Hall–Kier alpha value is -1.07. The molecule has 0 heterocycles. The summed E-state index contributed by atoms with van der Waals surface area (Å²) in [7, 11) is 0. The summed E-state index contributed by atoms with van der Waals surface area (Å²) in [6, 6.07) is 2.03. The van der Waals surface area contributed by atoms with Gasteiger partial charge < -0.3 is 5.11 Å². The molecule has 0 saturated carbocycles. The number of aromatic carboxylic acids is 1. The van der Waals surface area contributed by atoms with E-state index in [9.17, 15) is 14.0 Å². The van der Waals surface area contributed by atoms with E-state index in [2.05, 4.69) is 0 Å². The summed E-state index contributed by atoms with van der Waals surface area (Å²) in [5.74, 6) is -2.14. The Balaban J connectivity index is 3.11. The van der Waals surface area contributed by atoms with E-state index in [0.29, 0.717) is 0 Å². The Bertz CT molecular complexity index is 572. The second-order valence-corrected chi connectivity index (χ2v) is 6.91. The van der Waals surface area contributed by atoms with Crippen molar-refractivity contribution < 1.29 is 19.1 Å². The predicted molar refractivity (Wildman–Crippen MR) is 82.5 cm³/mol. The molecule has 0 spiro atoms. The molecule has 116 valence electrons. The van der Waals surface area contributed by atoms with Crippen molar-refractivity contribution >= 4 is 34.4 Å². The van der Waals surface area contributed by atoms with E-state index < -0.39 is 22.8 Å². The van der Waals surface area contributed by atoms with Gasteiger partial charge in [-0.3, -0.25) is 4.79 Å². The van der Waals surface area contributed by atoms with E-state index in [0.717, 1.165) is 30.3 Å². The number of thioether (sulfide) groups is 1. The molecule has 1 N–H and O–H groups in total. The molecule has 3 nitrogen and oxygen atoms in total. The van der Waals surface area contributed by atoms with Gasteiger partial charge in [-0.1, -0.05) is 45.7 Å². The lowest BCUT2D eigenvalue weighted by molar-refractivity contribution is -0.120. The zero-order valence-corrected chi connectivity index (χ0v) is 13.9. The van der Waals surface area contributed by atoms with Gasteiger partial charge in [0.05, 0.1) is 10.6 Å². The molecule has 0 fully saturated rings. The van der Waals surface area contributed by atoms with Crippen molar-refractivity contribution in [2.24, 2.45) is 11.3 Å². The summed E-state index contributed by atoms with van der Waals surface area (Å²) in [6.45, 7) is 7.66. The van der Waals surface area contributed by atoms with E-state index >= 15 is 0 Å². The van der Waals surface area contributed by atoms with Crippen molar-refractivity contribution in [1.82, 2.24) is 0 Å². The predicted octanol–water partition coefficient (Wildman–Crippen LogP) is 4.87. The first kappa shape index (κ1) is 18.0. The smallest absolute Gasteiger partial charge is 0.338 e. The van der Waals surface area contributed by atoms with Gasteiger partial charge in [0.2, 0.25) is 0 Å². The second kappa shape index (κ2) is 6.79. The van der Waals surface area contributed by atoms with E-state index in [4.69, 9.17) is 16.7 Å². The molecule has 1 atom stereocenters. The van der Waals surface area contributed by atoms with Gasteiger partial charge in [-0.25, -0.2) is 9.18 Å². The molecule has 0 aliphatic heterocycles. The number of carboxylic acid groups (broad SMARTS) is 1. The summed E-state index contributed by atoms with van der Waals surface area (Å²) in [4.78, 5) is 23.6. The minimum Gasteiger partial charge on any atom is -0.478 e. The van der Waals surface area contributed by atoms with Gasteiger partial charge in [0.1, 0.15) is 5.82 Å². The summed E-state index contributed by atoms with van der Waals surface area (Å²) >= 11 is 6.77. The quantitative estimate of drug-likeness (QED) is 0.782. The van der Waals surface area contributed by atoms with Gasteiger partial charge in [0.25, 0.3) is 0 Å². The van der Waals surface area contributed by atoms with Crippen molar-refractivity contribution in [2.45, 2.75) is 39.0 Å². The van der Waals surface area contributed by atoms with Crippen LogP contribution in [0.1, 0.15) is 44.5 Å². The van der Waals surface area contributed by atoms with Gasteiger partial charge in [-0.15, -0.1) is 0 Å². The Morgan fingerprint density at radius 1 is 1.43 bits per heavy atom. The normalized spacial score (nSPS) is 13.0. The van der Waals surface area contributed by atoms with Crippen LogP contribution in [-0.4, -0.2) is 16.2 Å². The third-order valence-corrected chi connectivity index (χ3v) is 5.52. The summed E-state index contributed by atoms with van der Waals surface area (Å²) in [5.41, 5.74) is -1.07. The van der Waals surface area contributed by atoms with Gasteiger partial charge in [-0.05, 0) is 29.8 Å². The Morgan fingerprint density at radius 2 is 2.00 bits per heavy atom. The molecule has 0 aliphatic rings. The molecular weight excluding hydrogens is 315 g/mol. The highest BCUT2D eigenvalue weighted by Crippen LogP contribution is 2.39. The van der Waals surface area contributed by atoms with Crippen LogP contribution in [0, 0.1) is 17.2 Å². The lowest BCUT2D eigenvalue weighted by atomic mass is 9.80. The van der Waals surface area contributed by atoms with Crippen molar-refractivity contribution in [1.29, 1.82) is 0 Å². The molecular formula is C15H18ClFO3S. The zero-order chi connectivity index (χ0) is 16.4. The minimum absolute atomic E-state index is 0.0378. The van der Waals surface area contributed by atoms with Crippen LogP contribution < -0.4 is 0 Å². The topological polar surface area (TPSA) is 54.4 Å². The SMILES string of the molecule is CCC(C)C(C)(C)C(=O)Sc1cc(C(=O)O)c(F)cc1Cl. The average Bonchev–Trinajstić information content (AvgIpc) is 2.39. The second-order valence-electron chi connectivity index (χ2n) is 5.49. The fourth-order valence-corrected chi connectivity index (χ4v) is 2.98. The number of hydrogen-bond acceptors (Lipinski definition) is 3. The third kappa shape index (κ3) is 3.98. The van der Waals surface area contributed by atoms with Crippen LogP contribution >= 0.6 is 23.4 Å². The van der Waals surface area contributed by atoms with Crippen LogP contribution in [0.4, 0.5) is 4.39 Å². The van der Waals surface area contributed by atoms with Gasteiger partial charge in [0.15, 0.2) is 5.12 Å². The molecule has 0 aromatic heterocycles. The summed E-state index contributed by atoms with van der Waals surface area (Å²) < 4.78 is 13.5. The first-order chi connectivity index (χ1) is 9.61. The van der Waals surface area contributed by atoms with Gasteiger partial charge in [-0.2, -0.15) is 0 Å². The van der Waals surface area contributed by atoms with Crippen molar-refractivity contribution in [3.05, 3.63) is 28.5 Å². The largest absolute Gasteiger partial charge is 0.478 e. The molecule has 1 aromatic rings. The summed E-state index contributed by atoms with van der Waals surface area (Å²) in [5, 5.41) is 8.84. The molecule has 1 rings (SSSR count). The first-order valence-electron chi connectivity index (χ1n) is 6.55. The van der Waals surface area contributed by atoms with Crippen LogP contribution in [0.25, 0.3) is 0 Å². The molecule has 0 bridgehead atoms. The molecule has 0 saturated heterocycles. The average molecular weight is 333 g/mol. The van der Waals surface area contributed by atoms with E-state index in [1.54, 1.807) is 0 Å². The van der Waals surface area contributed by atoms with Crippen LogP contribution in [0.15, 0.2) is 17.0 Å². The number of halogens is 2. The molecule has 21 heavy (non-hydrogen) atoms. The number of carbonyl (C=O) groups is 2.